The molecule has 3 heterocycles. The lowest BCUT2D eigenvalue weighted by molar-refractivity contribution is 0.0336. The van der Waals surface area contributed by atoms with Crippen molar-refractivity contribution in [1.82, 2.24) is 14.5 Å². The van der Waals surface area contributed by atoms with E-state index in [0.29, 0.717) is 36.9 Å². The summed E-state index contributed by atoms with van der Waals surface area (Å²) in [7, 11) is 1.69. The highest BCUT2D eigenvalue weighted by atomic mass is 16.5. The summed E-state index contributed by atoms with van der Waals surface area (Å²) in [5, 5.41) is 0. The molecule has 0 radical (unpaired) electrons. The van der Waals surface area contributed by atoms with Crippen molar-refractivity contribution in [3.8, 4) is 11.3 Å². The molecule has 1 saturated heterocycles. The molecule has 4 rings (SSSR count). The SMILES string of the molecule is Cc1cc(C)cc(C(=O)C2CN(c3nc(-c4ccncc4)cc(=O)n3C)CCO2)c1. The third-order valence-corrected chi connectivity index (χ3v) is 5.24. The van der Waals surface area contributed by atoms with Crippen molar-refractivity contribution in [2.75, 3.05) is 24.6 Å². The summed E-state index contributed by atoms with van der Waals surface area (Å²) >= 11 is 0. The molecular weight excluding hydrogens is 380 g/mol. The van der Waals surface area contributed by atoms with Gasteiger partial charge in [-0.05, 0) is 38.1 Å². The minimum Gasteiger partial charge on any atom is -0.366 e. The Balaban J connectivity index is 1.64. The third-order valence-electron chi connectivity index (χ3n) is 5.24. The number of benzene rings is 1. The van der Waals surface area contributed by atoms with Crippen molar-refractivity contribution in [3.63, 3.8) is 0 Å². The van der Waals surface area contributed by atoms with Crippen LogP contribution in [-0.2, 0) is 11.8 Å². The highest BCUT2D eigenvalue weighted by Crippen LogP contribution is 2.21. The zero-order chi connectivity index (χ0) is 21.3. The minimum absolute atomic E-state index is 0.0539. The predicted octanol–water partition coefficient (Wildman–Crippen LogP) is 2.55. The van der Waals surface area contributed by atoms with Gasteiger partial charge in [-0.1, -0.05) is 17.2 Å². The summed E-state index contributed by atoms with van der Waals surface area (Å²) in [6.45, 7) is 5.23. The number of hydrogen-bond acceptors (Lipinski definition) is 6. The monoisotopic (exact) mass is 404 g/mol. The lowest BCUT2D eigenvalue weighted by Crippen LogP contribution is -2.48. The smallest absolute Gasteiger partial charge is 0.255 e. The van der Waals surface area contributed by atoms with Gasteiger partial charge in [0, 0.05) is 43.2 Å². The lowest BCUT2D eigenvalue weighted by Gasteiger charge is -2.33. The van der Waals surface area contributed by atoms with Crippen LogP contribution in [0.3, 0.4) is 0 Å². The summed E-state index contributed by atoms with van der Waals surface area (Å²) in [6.07, 6.45) is 2.73. The fraction of sp³-hybridized carbons (Fsp3) is 0.304. The molecule has 1 aliphatic heterocycles. The number of ketones is 1. The Hall–Kier alpha value is -3.32. The molecule has 0 spiro atoms. The Kier molecular flexibility index (Phi) is 5.46. The van der Waals surface area contributed by atoms with Crippen LogP contribution in [0.4, 0.5) is 5.95 Å². The number of rotatable bonds is 4. The second-order valence-electron chi connectivity index (χ2n) is 7.62. The van der Waals surface area contributed by atoms with E-state index in [0.717, 1.165) is 16.7 Å². The first-order valence-corrected chi connectivity index (χ1v) is 9.90. The topological polar surface area (TPSA) is 77.3 Å². The van der Waals surface area contributed by atoms with Gasteiger partial charge in [0.2, 0.25) is 5.95 Å². The first-order chi connectivity index (χ1) is 14.4. The van der Waals surface area contributed by atoms with Gasteiger partial charge in [-0.15, -0.1) is 0 Å². The number of aryl methyl sites for hydroxylation is 2. The van der Waals surface area contributed by atoms with Crippen LogP contribution in [0.5, 0.6) is 0 Å². The molecule has 7 heteroatoms. The van der Waals surface area contributed by atoms with Crippen LogP contribution in [0, 0.1) is 13.8 Å². The molecule has 0 amide bonds. The van der Waals surface area contributed by atoms with E-state index in [9.17, 15) is 9.59 Å². The molecule has 1 fully saturated rings. The molecule has 2 aromatic heterocycles. The Labute approximate surface area is 175 Å². The molecule has 0 aliphatic carbocycles. The fourth-order valence-corrected chi connectivity index (χ4v) is 3.77. The van der Waals surface area contributed by atoms with Crippen molar-refractivity contribution < 1.29 is 9.53 Å². The zero-order valence-corrected chi connectivity index (χ0v) is 17.3. The first-order valence-electron chi connectivity index (χ1n) is 9.90. The molecule has 154 valence electrons. The van der Waals surface area contributed by atoms with Crippen molar-refractivity contribution >= 4 is 11.7 Å². The average molecular weight is 404 g/mol. The largest absolute Gasteiger partial charge is 0.366 e. The van der Waals surface area contributed by atoms with E-state index in [2.05, 4.69) is 4.98 Å². The second-order valence-corrected chi connectivity index (χ2v) is 7.62. The maximum absolute atomic E-state index is 13.1. The first kappa shape index (κ1) is 20.0. The van der Waals surface area contributed by atoms with Gasteiger partial charge >= 0.3 is 0 Å². The average Bonchev–Trinajstić information content (AvgIpc) is 2.75. The number of hydrogen-bond donors (Lipinski definition) is 0. The van der Waals surface area contributed by atoms with Crippen molar-refractivity contribution in [2.24, 2.45) is 7.05 Å². The van der Waals surface area contributed by atoms with Gasteiger partial charge in [0.05, 0.1) is 18.8 Å². The van der Waals surface area contributed by atoms with E-state index in [-0.39, 0.29) is 11.3 Å². The van der Waals surface area contributed by atoms with Gasteiger partial charge in [0.25, 0.3) is 5.56 Å². The van der Waals surface area contributed by atoms with E-state index < -0.39 is 6.10 Å². The quantitative estimate of drug-likeness (QED) is 0.622. The second kappa shape index (κ2) is 8.20. The summed E-state index contributed by atoms with van der Waals surface area (Å²) in [5.74, 6) is 0.470. The van der Waals surface area contributed by atoms with Crippen LogP contribution < -0.4 is 10.5 Å². The number of carbonyl (C=O) groups excluding carboxylic acids is 1. The van der Waals surface area contributed by atoms with E-state index in [1.165, 1.54) is 10.6 Å². The summed E-state index contributed by atoms with van der Waals surface area (Å²) in [6, 6.07) is 11.0. The highest BCUT2D eigenvalue weighted by Gasteiger charge is 2.29. The van der Waals surface area contributed by atoms with Crippen LogP contribution in [-0.4, -0.2) is 46.1 Å². The third kappa shape index (κ3) is 4.02. The Bertz CT molecular complexity index is 1120. The fourth-order valence-electron chi connectivity index (χ4n) is 3.77. The van der Waals surface area contributed by atoms with E-state index in [1.807, 2.05) is 49.1 Å². The standard InChI is InChI=1S/C23H24N4O3/c1-15-10-16(2)12-18(11-15)22(29)20-14-27(8-9-30-20)23-25-19(13-21(28)26(23)3)17-4-6-24-7-5-17/h4-7,10-13,20H,8-9,14H2,1-3H3. The van der Waals surface area contributed by atoms with E-state index in [4.69, 9.17) is 9.72 Å². The van der Waals surface area contributed by atoms with E-state index in [1.54, 1.807) is 19.4 Å². The summed E-state index contributed by atoms with van der Waals surface area (Å²) in [4.78, 5) is 36.3. The molecule has 1 aromatic carbocycles. The maximum Gasteiger partial charge on any atom is 0.255 e. The Morgan fingerprint density at radius 3 is 2.50 bits per heavy atom. The highest BCUT2D eigenvalue weighted by molar-refractivity contribution is 6.00. The normalized spacial score (nSPS) is 16.5. The van der Waals surface area contributed by atoms with Crippen LogP contribution in [0.2, 0.25) is 0 Å². The number of pyridine rings is 1. The van der Waals surface area contributed by atoms with Gasteiger partial charge in [0.15, 0.2) is 5.78 Å². The molecule has 0 bridgehead atoms. The number of Topliss-reactive ketones (excluding diaryl/α,β-unsaturated/α-hetero) is 1. The van der Waals surface area contributed by atoms with Crippen LogP contribution in [0.25, 0.3) is 11.3 Å². The number of ether oxygens (including phenoxy) is 1. The summed E-state index contributed by atoms with van der Waals surface area (Å²) < 4.78 is 7.30. The number of nitrogens with zero attached hydrogens (tertiary/aromatic N) is 4. The molecule has 0 saturated carbocycles. The van der Waals surface area contributed by atoms with Crippen LogP contribution in [0.1, 0.15) is 21.5 Å². The molecule has 30 heavy (non-hydrogen) atoms. The maximum atomic E-state index is 13.1. The van der Waals surface area contributed by atoms with Crippen LogP contribution >= 0.6 is 0 Å². The summed E-state index contributed by atoms with van der Waals surface area (Å²) in [5.41, 5.74) is 3.97. The molecule has 1 aliphatic rings. The predicted molar refractivity (Wildman–Crippen MR) is 115 cm³/mol. The molecule has 3 aromatic rings. The van der Waals surface area contributed by atoms with Gasteiger partial charge in [-0.25, -0.2) is 4.98 Å². The van der Waals surface area contributed by atoms with Crippen molar-refractivity contribution in [3.05, 3.63) is 75.8 Å². The van der Waals surface area contributed by atoms with Crippen molar-refractivity contribution in [2.45, 2.75) is 20.0 Å². The number of carbonyl (C=O) groups is 1. The van der Waals surface area contributed by atoms with Crippen molar-refractivity contribution in [1.29, 1.82) is 0 Å². The molecule has 0 N–H and O–H groups in total. The minimum atomic E-state index is -0.610. The van der Waals surface area contributed by atoms with Gasteiger partial charge < -0.3 is 9.64 Å². The molecule has 1 unspecified atom stereocenters. The number of morpholine rings is 1. The number of aromatic nitrogens is 3. The zero-order valence-electron chi connectivity index (χ0n) is 17.3. The Morgan fingerprint density at radius 1 is 1.10 bits per heavy atom. The molecular formula is C23H24N4O3. The van der Waals surface area contributed by atoms with Gasteiger partial charge in [-0.2, -0.15) is 0 Å². The van der Waals surface area contributed by atoms with E-state index >= 15 is 0 Å². The number of anilines is 1. The van der Waals surface area contributed by atoms with Gasteiger partial charge in [0.1, 0.15) is 6.10 Å². The van der Waals surface area contributed by atoms with Crippen LogP contribution in [0.15, 0.2) is 53.6 Å². The molecule has 1 atom stereocenters. The Morgan fingerprint density at radius 2 is 1.80 bits per heavy atom. The molecule has 7 nitrogen and oxygen atoms in total. The lowest BCUT2D eigenvalue weighted by atomic mass is 10.0. The van der Waals surface area contributed by atoms with Gasteiger partial charge in [-0.3, -0.25) is 19.1 Å².